The van der Waals surface area contributed by atoms with E-state index in [0.717, 1.165) is 33.7 Å². The van der Waals surface area contributed by atoms with E-state index < -0.39 is 0 Å². The Morgan fingerprint density at radius 2 is 1.84 bits per heavy atom. The molecule has 4 aromatic rings. The van der Waals surface area contributed by atoms with Gasteiger partial charge in [0.2, 0.25) is 0 Å². The highest BCUT2D eigenvalue weighted by Gasteiger charge is 2.20. The van der Waals surface area contributed by atoms with Crippen LogP contribution < -0.4 is 10.1 Å². The first-order valence-electron chi connectivity index (χ1n) is 10.6. The number of carbonyl (C=O) groups excluding carboxylic acids is 1. The number of aromatic nitrogens is 2. The molecule has 0 fully saturated rings. The predicted octanol–water partition coefficient (Wildman–Crippen LogP) is 5.88. The summed E-state index contributed by atoms with van der Waals surface area (Å²) < 4.78 is 8.20. The van der Waals surface area contributed by atoms with Crippen LogP contribution in [0.2, 0.25) is 5.02 Å². The second kappa shape index (κ2) is 9.45. The number of imidazole rings is 1. The number of hydrogen-bond donors (Lipinski definition) is 1. The molecule has 0 saturated carbocycles. The van der Waals surface area contributed by atoms with Crippen LogP contribution in [0, 0.1) is 13.8 Å². The van der Waals surface area contributed by atoms with Crippen LogP contribution in [0.3, 0.4) is 0 Å². The molecule has 0 aliphatic heterocycles. The second-order valence-electron chi connectivity index (χ2n) is 7.90. The number of fused-ring (bicyclic) bond motifs is 1. The standard InChI is InChI=1S/C26H26ClN3O2/c1-17-12-13-18(2)24(16-17)32-15-14-30-23-11-7-6-10-22(23)29-25(30)19(3)28-26(31)20-8-4-5-9-21(20)27/h4-13,16,19H,14-15H2,1-3H3,(H,28,31). The lowest BCUT2D eigenvalue weighted by molar-refractivity contribution is 0.0937. The molecule has 0 saturated heterocycles. The Morgan fingerprint density at radius 1 is 1.09 bits per heavy atom. The first-order chi connectivity index (χ1) is 15.4. The van der Waals surface area contributed by atoms with E-state index in [9.17, 15) is 4.79 Å². The summed E-state index contributed by atoms with van der Waals surface area (Å²) in [5.41, 5.74) is 4.60. The van der Waals surface area contributed by atoms with Crippen molar-refractivity contribution in [3.05, 3.63) is 94.3 Å². The minimum absolute atomic E-state index is 0.228. The summed E-state index contributed by atoms with van der Waals surface area (Å²) in [4.78, 5) is 17.6. The molecule has 5 nitrogen and oxygen atoms in total. The molecule has 0 aliphatic carbocycles. The fourth-order valence-electron chi connectivity index (χ4n) is 3.75. The highest BCUT2D eigenvalue weighted by Crippen LogP contribution is 2.23. The molecule has 1 amide bonds. The first-order valence-corrected chi connectivity index (χ1v) is 11.0. The molecule has 32 heavy (non-hydrogen) atoms. The van der Waals surface area contributed by atoms with Crippen LogP contribution >= 0.6 is 11.6 Å². The average molecular weight is 448 g/mol. The summed E-state index contributed by atoms with van der Waals surface area (Å²) in [5.74, 6) is 1.43. The summed E-state index contributed by atoms with van der Waals surface area (Å²) in [6, 6.07) is 20.9. The van der Waals surface area contributed by atoms with E-state index >= 15 is 0 Å². The smallest absolute Gasteiger partial charge is 0.253 e. The molecule has 4 rings (SSSR count). The van der Waals surface area contributed by atoms with Gasteiger partial charge in [-0.1, -0.05) is 48.0 Å². The molecule has 1 aromatic heterocycles. The van der Waals surface area contributed by atoms with Crippen LogP contribution in [0.1, 0.15) is 40.3 Å². The van der Waals surface area contributed by atoms with Crippen LogP contribution in [0.5, 0.6) is 5.75 Å². The van der Waals surface area contributed by atoms with Crippen molar-refractivity contribution >= 4 is 28.5 Å². The maximum Gasteiger partial charge on any atom is 0.253 e. The van der Waals surface area contributed by atoms with Gasteiger partial charge in [0.05, 0.1) is 34.2 Å². The highest BCUT2D eigenvalue weighted by molar-refractivity contribution is 6.33. The van der Waals surface area contributed by atoms with Crippen molar-refractivity contribution in [3.8, 4) is 5.75 Å². The molecule has 3 aromatic carbocycles. The number of amides is 1. The summed E-state index contributed by atoms with van der Waals surface area (Å²) in [6.07, 6.45) is 0. The minimum Gasteiger partial charge on any atom is -0.491 e. The van der Waals surface area contributed by atoms with Gasteiger partial charge in [0.25, 0.3) is 5.91 Å². The van der Waals surface area contributed by atoms with Crippen molar-refractivity contribution in [3.63, 3.8) is 0 Å². The minimum atomic E-state index is -0.313. The summed E-state index contributed by atoms with van der Waals surface area (Å²) in [5, 5.41) is 3.46. The van der Waals surface area contributed by atoms with E-state index in [1.807, 2.05) is 38.1 Å². The fourth-order valence-corrected chi connectivity index (χ4v) is 3.98. The Balaban J connectivity index is 1.56. The SMILES string of the molecule is Cc1ccc(C)c(OCCn2c(C(C)NC(=O)c3ccccc3Cl)nc3ccccc32)c1. The van der Waals surface area contributed by atoms with E-state index in [0.29, 0.717) is 23.7 Å². The van der Waals surface area contributed by atoms with Crippen LogP contribution in [0.4, 0.5) is 0 Å². The molecule has 0 spiro atoms. The molecular weight excluding hydrogens is 422 g/mol. The van der Waals surface area contributed by atoms with E-state index in [4.69, 9.17) is 21.3 Å². The Morgan fingerprint density at radius 3 is 2.66 bits per heavy atom. The second-order valence-corrected chi connectivity index (χ2v) is 8.31. The number of nitrogens with one attached hydrogen (secondary N) is 1. The van der Waals surface area contributed by atoms with Crippen molar-refractivity contribution in [2.24, 2.45) is 0 Å². The third-order valence-corrected chi connectivity index (χ3v) is 5.78. The Bertz CT molecular complexity index is 1270. The summed E-state index contributed by atoms with van der Waals surface area (Å²) in [7, 11) is 0. The van der Waals surface area contributed by atoms with E-state index in [-0.39, 0.29) is 11.9 Å². The number of carbonyl (C=O) groups is 1. The summed E-state index contributed by atoms with van der Waals surface area (Å²) in [6.45, 7) is 7.12. The van der Waals surface area contributed by atoms with Crippen LogP contribution in [-0.2, 0) is 6.54 Å². The molecule has 1 unspecified atom stereocenters. The van der Waals surface area contributed by atoms with Gasteiger partial charge in [-0.2, -0.15) is 0 Å². The van der Waals surface area contributed by atoms with Gasteiger partial charge in [-0.3, -0.25) is 4.79 Å². The maximum atomic E-state index is 12.8. The number of benzene rings is 3. The van der Waals surface area contributed by atoms with E-state index in [2.05, 4.69) is 35.0 Å². The van der Waals surface area contributed by atoms with Gasteiger partial charge in [-0.25, -0.2) is 4.98 Å². The van der Waals surface area contributed by atoms with Crippen molar-refractivity contribution < 1.29 is 9.53 Å². The lowest BCUT2D eigenvalue weighted by Gasteiger charge is -2.17. The number of hydrogen-bond acceptors (Lipinski definition) is 3. The van der Waals surface area contributed by atoms with Crippen LogP contribution in [0.25, 0.3) is 11.0 Å². The molecule has 0 radical (unpaired) electrons. The number of rotatable bonds is 7. The van der Waals surface area contributed by atoms with Gasteiger partial charge < -0.3 is 14.6 Å². The van der Waals surface area contributed by atoms with Crippen molar-refractivity contribution in [2.45, 2.75) is 33.4 Å². The molecule has 0 bridgehead atoms. The largest absolute Gasteiger partial charge is 0.491 e. The van der Waals surface area contributed by atoms with Gasteiger partial charge in [-0.05, 0) is 62.2 Å². The first kappa shape index (κ1) is 21.9. The quantitative estimate of drug-likeness (QED) is 0.385. The van der Waals surface area contributed by atoms with Crippen molar-refractivity contribution in [2.75, 3.05) is 6.61 Å². The van der Waals surface area contributed by atoms with Gasteiger partial charge >= 0.3 is 0 Å². The molecule has 1 heterocycles. The van der Waals surface area contributed by atoms with Crippen molar-refractivity contribution in [1.29, 1.82) is 0 Å². The number of aryl methyl sites for hydroxylation is 2. The predicted molar refractivity (Wildman–Crippen MR) is 128 cm³/mol. The third kappa shape index (κ3) is 4.63. The number of ether oxygens (including phenoxy) is 1. The monoisotopic (exact) mass is 447 g/mol. The molecule has 0 aliphatic rings. The number of halogens is 1. The number of para-hydroxylation sites is 2. The lowest BCUT2D eigenvalue weighted by Crippen LogP contribution is -2.29. The Hall–Kier alpha value is -3.31. The zero-order valence-electron chi connectivity index (χ0n) is 18.4. The lowest BCUT2D eigenvalue weighted by atomic mass is 10.1. The topological polar surface area (TPSA) is 56.1 Å². The molecule has 1 atom stereocenters. The van der Waals surface area contributed by atoms with Gasteiger partial charge in [-0.15, -0.1) is 0 Å². The zero-order valence-corrected chi connectivity index (χ0v) is 19.2. The van der Waals surface area contributed by atoms with Gasteiger partial charge in [0, 0.05) is 0 Å². The maximum absolute atomic E-state index is 12.8. The zero-order chi connectivity index (χ0) is 22.7. The average Bonchev–Trinajstić information content (AvgIpc) is 3.15. The molecule has 6 heteroatoms. The van der Waals surface area contributed by atoms with E-state index in [1.165, 1.54) is 0 Å². The Labute approximate surface area is 193 Å². The Kier molecular flexibility index (Phi) is 6.47. The normalized spacial score (nSPS) is 12.0. The highest BCUT2D eigenvalue weighted by atomic mass is 35.5. The molecule has 164 valence electrons. The number of nitrogens with zero attached hydrogens (tertiary/aromatic N) is 2. The molecule has 1 N–H and O–H groups in total. The van der Waals surface area contributed by atoms with Crippen LogP contribution in [0.15, 0.2) is 66.7 Å². The van der Waals surface area contributed by atoms with Crippen molar-refractivity contribution in [1.82, 2.24) is 14.9 Å². The molecular formula is C26H26ClN3O2. The van der Waals surface area contributed by atoms with Crippen LogP contribution in [-0.4, -0.2) is 22.1 Å². The van der Waals surface area contributed by atoms with Gasteiger partial charge in [0.1, 0.15) is 18.2 Å². The fraction of sp³-hybridized carbons (Fsp3) is 0.231. The summed E-state index contributed by atoms with van der Waals surface area (Å²) >= 11 is 6.20. The van der Waals surface area contributed by atoms with Gasteiger partial charge in [0.15, 0.2) is 0 Å². The third-order valence-electron chi connectivity index (χ3n) is 5.45. The van der Waals surface area contributed by atoms with E-state index in [1.54, 1.807) is 24.3 Å².